The fourth-order valence-electron chi connectivity index (χ4n) is 4.53. The van der Waals surface area contributed by atoms with Crippen molar-refractivity contribution in [2.75, 3.05) is 23.3 Å². The minimum Gasteiger partial charge on any atom is -0.457 e. The van der Waals surface area contributed by atoms with Crippen molar-refractivity contribution in [1.82, 2.24) is 15.6 Å². The van der Waals surface area contributed by atoms with Crippen LogP contribution in [0.4, 0.5) is 21.9 Å². The molecule has 10 heteroatoms. The number of anilines is 3. The lowest BCUT2D eigenvalue weighted by molar-refractivity contribution is 0.0769. The summed E-state index contributed by atoms with van der Waals surface area (Å²) in [4.78, 5) is 33.5. The molecule has 2 aromatic carbocycles. The Labute approximate surface area is 210 Å². The Bertz CT molecular complexity index is 1440. The molecule has 0 spiro atoms. The molecule has 182 valence electrons. The molecule has 2 aromatic heterocycles. The van der Waals surface area contributed by atoms with Crippen molar-refractivity contribution in [3.63, 3.8) is 0 Å². The van der Waals surface area contributed by atoms with Gasteiger partial charge in [0.2, 0.25) is 0 Å². The van der Waals surface area contributed by atoms with E-state index in [2.05, 4.69) is 20.9 Å². The predicted octanol–water partition coefficient (Wildman–Crippen LogP) is 4.22. The van der Waals surface area contributed by atoms with Crippen molar-refractivity contribution in [2.45, 2.75) is 18.6 Å². The lowest BCUT2D eigenvalue weighted by Gasteiger charge is -2.30. The molecule has 0 saturated carbocycles. The van der Waals surface area contributed by atoms with Gasteiger partial charge in [-0.2, -0.15) is 0 Å². The first-order chi connectivity index (χ1) is 17.6. The number of carbonyl (C=O) groups is 2. The van der Waals surface area contributed by atoms with E-state index in [1.807, 2.05) is 42.5 Å². The number of urea groups is 1. The average molecular weight is 502 g/mol. The van der Waals surface area contributed by atoms with E-state index >= 15 is 0 Å². The van der Waals surface area contributed by atoms with E-state index in [1.54, 1.807) is 29.3 Å². The van der Waals surface area contributed by atoms with Gasteiger partial charge in [0, 0.05) is 12.7 Å². The second-order valence-electron chi connectivity index (χ2n) is 8.63. The molecule has 2 aliphatic rings. The van der Waals surface area contributed by atoms with Crippen LogP contribution in [0.2, 0.25) is 0 Å². The van der Waals surface area contributed by atoms with Gasteiger partial charge in [0.15, 0.2) is 0 Å². The third kappa shape index (κ3) is 4.05. The van der Waals surface area contributed by atoms with Crippen LogP contribution in [0.15, 0.2) is 66.9 Å². The Morgan fingerprint density at radius 3 is 2.67 bits per heavy atom. The van der Waals surface area contributed by atoms with Crippen molar-refractivity contribution in [1.29, 1.82) is 0 Å². The number of para-hydroxylation sites is 1. The Morgan fingerprint density at radius 1 is 1.11 bits per heavy atom. The number of nitrogens with one attached hydrogen (secondary N) is 3. The Balaban J connectivity index is 1.31. The van der Waals surface area contributed by atoms with E-state index in [4.69, 9.17) is 4.74 Å². The van der Waals surface area contributed by atoms with Crippen LogP contribution in [0.25, 0.3) is 10.2 Å². The number of ether oxygens (including phenoxy) is 1. The topological polar surface area (TPSA) is 116 Å². The molecule has 2 atom stereocenters. The second-order valence-corrected chi connectivity index (χ2v) is 9.63. The zero-order valence-electron chi connectivity index (χ0n) is 19.1. The summed E-state index contributed by atoms with van der Waals surface area (Å²) in [5.74, 6) is 1.04. The maximum atomic E-state index is 13.3. The van der Waals surface area contributed by atoms with Crippen LogP contribution in [0.5, 0.6) is 11.5 Å². The van der Waals surface area contributed by atoms with Gasteiger partial charge in [-0.1, -0.05) is 18.2 Å². The smallest absolute Gasteiger partial charge is 0.331 e. The molecule has 2 aliphatic heterocycles. The van der Waals surface area contributed by atoms with E-state index < -0.39 is 6.10 Å². The molecular weight excluding hydrogens is 478 g/mol. The number of hydrogen-bond acceptors (Lipinski definition) is 7. The van der Waals surface area contributed by atoms with Crippen LogP contribution in [0.3, 0.4) is 0 Å². The van der Waals surface area contributed by atoms with Crippen LogP contribution >= 0.6 is 11.3 Å². The number of pyridine rings is 1. The summed E-state index contributed by atoms with van der Waals surface area (Å²) in [6, 6.07) is 17.7. The zero-order valence-corrected chi connectivity index (χ0v) is 19.9. The lowest BCUT2D eigenvalue weighted by atomic mass is 10.0. The number of amides is 3. The molecule has 0 bridgehead atoms. The van der Waals surface area contributed by atoms with Gasteiger partial charge in [0.05, 0.1) is 34.6 Å². The summed E-state index contributed by atoms with van der Waals surface area (Å²) in [5, 5.41) is 19.8. The normalized spacial score (nSPS) is 19.1. The number of rotatable bonds is 5. The lowest BCUT2D eigenvalue weighted by Crippen LogP contribution is -2.52. The Hall–Kier alpha value is -3.99. The van der Waals surface area contributed by atoms with E-state index in [-0.39, 0.29) is 18.0 Å². The Morgan fingerprint density at radius 2 is 1.89 bits per heavy atom. The Kier molecular flexibility index (Phi) is 5.76. The van der Waals surface area contributed by atoms with Crippen molar-refractivity contribution in [3.05, 3.63) is 71.7 Å². The molecule has 1 fully saturated rings. The summed E-state index contributed by atoms with van der Waals surface area (Å²) in [6.45, 7) is 1.14. The molecule has 4 aromatic rings. The number of aliphatic hydroxyl groups excluding tert-OH is 1. The molecular formula is C26H23N5O4S. The quantitative estimate of drug-likeness (QED) is 0.325. The summed E-state index contributed by atoms with van der Waals surface area (Å²) in [6.07, 6.45) is 1.59. The van der Waals surface area contributed by atoms with Crippen LogP contribution in [0.1, 0.15) is 16.1 Å². The summed E-state index contributed by atoms with van der Waals surface area (Å²) >= 11 is 1.22. The van der Waals surface area contributed by atoms with Crippen molar-refractivity contribution in [2.24, 2.45) is 0 Å². The van der Waals surface area contributed by atoms with Gasteiger partial charge in [-0.15, -0.1) is 11.3 Å². The highest BCUT2D eigenvalue weighted by Crippen LogP contribution is 2.45. The van der Waals surface area contributed by atoms with Gasteiger partial charge in [-0.3, -0.25) is 9.69 Å². The first-order valence-corrected chi connectivity index (χ1v) is 12.5. The minimum absolute atomic E-state index is 0.332. The molecule has 9 nitrogen and oxygen atoms in total. The third-order valence-electron chi connectivity index (χ3n) is 6.29. The van der Waals surface area contributed by atoms with E-state index in [0.29, 0.717) is 57.4 Å². The van der Waals surface area contributed by atoms with Crippen molar-refractivity contribution < 1.29 is 19.4 Å². The number of piperidine rings is 1. The fraction of sp³-hybridized carbons (Fsp3) is 0.192. The van der Waals surface area contributed by atoms with Gasteiger partial charge in [0.1, 0.15) is 21.2 Å². The molecule has 4 heterocycles. The highest BCUT2D eigenvalue weighted by Gasteiger charge is 2.34. The highest BCUT2D eigenvalue weighted by molar-refractivity contribution is 7.21. The molecule has 3 amide bonds. The SMILES string of the molecule is O=C(N[C@H]1CCNC[C@H]1O)c1sc2nccc3c2c1NC(=O)N3c1ccc(Oc2ccccc2)cc1. The van der Waals surface area contributed by atoms with Crippen molar-refractivity contribution >= 4 is 50.6 Å². The highest BCUT2D eigenvalue weighted by atomic mass is 32.1. The minimum atomic E-state index is -0.666. The summed E-state index contributed by atoms with van der Waals surface area (Å²) in [7, 11) is 0. The van der Waals surface area contributed by atoms with Gasteiger partial charge in [-0.05, 0) is 55.4 Å². The van der Waals surface area contributed by atoms with Gasteiger partial charge in [-0.25, -0.2) is 9.78 Å². The van der Waals surface area contributed by atoms with Crippen LogP contribution in [-0.4, -0.2) is 47.3 Å². The molecule has 4 N–H and O–H groups in total. The zero-order chi connectivity index (χ0) is 24.6. The monoisotopic (exact) mass is 501 g/mol. The number of nitrogens with zero attached hydrogens (tertiary/aromatic N) is 2. The first kappa shape index (κ1) is 22.5. The molecule has 1 saturated heterocycles. The second kappa shape index (κ2) is 9.23. The van der Waals surface area contributed by atoms with E-state index in [9.17, 15) is 14.7 Å². The number of aromatic nitrogens is 1. The number of carbonyl (C=O) groups excluding carboxylic acids is 2. The molecule has 0 unspecified atom stereocenters. The van der Waals surface area contributed by atoms with Crippen LogP contribution < -0.4 is 25.6 Å². The van der Waals surface area contributed by atoms with Gasteiger partial charge >= 0.3 is 6.03 Å². The average Bonchev–Trinajstić information content (AvgIpc) is 3.26. The third-order valence-corrected chi connectivity index (χ3v) is 7.39. The van der Waals surface area contributed by atoms with Crippen LogP contribution in [-0.2, 0) is 0 Å². The molecule has 0 radical (unpaired) electrons. The number of β-amino-alcohol motifs (C(OH)–C–C–N with tert-alkyl or cyclic N) is 1. The van der Waals surface area contributed by atoms with Gasteiger partial charge in [0.25, 0.3) is 5.91 Å². The van der Waals surface area contributed by atoms with Crippen molar-refractivity contribution in [3.8, 4) is 11.5 Å². The standard InChI is InChI=1S/C26H23N5O4S/c32-20-14-27-12-10-18(20)29-24(33)23-22-21-19(11-13-28-25(21)36-23)31(26(34)30-22)15-6-8-17(9-7-15)35-16-4-2-1-3-5-16/h1-9,11,13,18,20,27,32H,10,12,14H2,(H,29,33)(H,30,34)/t18-,20+/m0/s1. The number of hydrogen-bond donors (Lipinski definition) is 4. The summed E-state index contributed by atoms with van der Waals surface area (Å²) < 4.78 is 5.87. The molecule has 36 heavy (non-hydrogen) atoms. The maximum absolute atomic E-state index is 13.3. The number of thiophene rings is 1. The first-order valence-electron chi connectivity index (χ1n) is 11.6. The van der Waals surface area contributed by atoms with E-state index in [1.165, 1.54) is 11.3 Å². The largest absolute Gasteiger partial charge is 0.457 e. The maximum Gasteiger partial charge on any atom is 0.331 e. The number of aliphatic hydroxyl groups is 1. The van der Waals surface area contributed by atoms with E-state index in [0.717, 1.165) is 5.75 Å². The van der Waals surface area contributed by atoms with Crippen LogP contribution in [0, 0.1) is 0 Å². The molecule has 6 rings (SSSR count). The summed E-state index contributed by atoms with van der Waals surface area (Å²) in [5.41, 5.74) is 1.75. The number of benzene rings is 2. The fourth-order valence-corrected chi connectivity index (χ4v) is 5.56. The predicted molar refractivity (Wildman–Crippen MR) is 138 cm³/mol. The van der Waals surface area contributed by atoms with Gasteiger partial charge < -0.3 is 25.8 Å². The molecule has 0 aliphatic carbocycles.